The number of benzene rings is 1. The topological polar surface area (TPSA) is 23.6 Å². The second-order valence-corrected chi connectivity index (χ2v) is 7.22. The summed E-state index contributed by atoms with van der Waals surface area (Å²) in [7, 11) is 0. The van der Waals surface area contributed by atoms with E-state index in [0.29, 0.717) is 11.4 Å². The fraction of sp³-hybridized carbons (Fsp3) is 0.632. The molecule has 1 spiro atoms. The van der Waals surface area contributed by atoms with Crippen LogP contribution in [0.1, 0.15) is 45.1 Å². The van der Waals surface area contributed by atoms with Gasteiger partial charge in [-0.3, -0.25) is 9.69 Å². The molecule has 0 saturated carbocycles. The van der Waals surface area contributed by atoms with Crippen LogP contribution in [0.15, 0.2) is 30.3 Å². The van der Waals surface area contributed by atoms with Crippen molar-refractivity contribution in [3.05, 3.63) is 35.9 Å². The maximum atomic E-state index is 12.2. The van der Waals surface area contributed by atoms with Crippen LogP contribution in [0.4, 0.5) is 0 Å². The predicted molar refractivity (Wildman–Crippen MR) is 89.5 cm³/mol. The molecular weight excluding hydrogens is 272 g/mol. The quantitative estimate of drug-likeness (QED) is 0.855. The van der Waals surface area contributed by atoms with Crippen LogP contribution >= 0.6 is 0 Å². The number of carbonyl (C=O) groups excluding carboxylic acids is 1. The summed E-state index contributed by atoms with van der Waals surface area (Å²) in [6.45, 7) is 8.13. The molecule has 2 fully saturated rings. The zero-order valence-electron chi connectivity index (χ0n) is 13.9. The standard InChI is InChI=1S/C19H28N2O/c1-16(2)18(22)20-13-10-19(11-14-20)9-6-12-21(19)15-17-7-4-3-5-8-17/h3-5,7-8,16H,6,9-15H2,1-2H3. The van der Waals surface area contributed by atoms with Crippen molar-refractivity contribution in [1.29, 1.82) is 0 Å². The van der Waals surface area contributed by atoms with E-state index in [2.05, 4.69) is 40.1 Å². The third-order valence-electron chi connectivity index (χ3n) is 5.46. The summed E-state index contributed by atoms with van der Waals surface area (Å²) in [5, 5.41) is 0. The van der Waals surface area contributed by atoms with Crippen molar-refractivity contribution in [2.24, 2.45) is 5.92 Å². The first-order valence-electron chi connectivity index (χ1n) is 8.68. The van der Waals surface area contributed by atoms with Crippen molar-refractivity contribution in [2.75, 3.05) is 19.6 Å². The average Bonchev–Trinajstić information content (AvgIpc) is 2.91. The van der Waals surface area contributed by atoms with Gasteiger partial charge in [0.2, 0.25) is 5.91 Å². The van der Waals surface area contributed by atoms with E-state index in [4.69, 9.17) is 0 Å². The van der Waals surface area contributed by atoms with Gasteiger partial charge in [0.1, 0.15) is 0 Å². The van der Waals surface area contributed by atoms with Crippen LogP contribution in [-0.4, -0.2) is 40.9 Å². The molecule has 2 aliphatic heterocycles. The van der Waals surface area contributed by atoms with Crippen LogP contribution in [0.2, 0.25) is 0 Å². The fourth-order valence-electron chi connectivity index (χ4n) is 4.12. The number of carbonyl (C=O) groups is 1. The minimum absolute atomic E-state index is 0.123. The number of piperidine rings is 1. The molecule has 2 aliphatic rings. The largest absolute Gasteiger partial charge is 0.342 e. The van der Waals surface area contributed by atoms with Gasteiger partial charge in [0.25, 0.3) is 0 Å². The van der Waals surface area contributed by atoms with Gasteiger partial charge in [-0.05, 0) is 37.8 Å². The highest BCUT2D eigenvalue weighted by molar-refractivity contribution is 5.78. The van der Waals surface area contributed by atoms with E-state index in [9.17, 15) is 4.79 Å². The molecule has 2 heterocycles. The highest BCUT2D eigenvalue weighted by atomic mass is 16.2. The first-order valence-corrected chi connectivity index (χ1v) is 8.68. The van der Waals surface area contributed by atoms with E-state index in [1.807, 2.05) is 13.8 Å². The molecule has 3 rings (SSSR count). The molecular formula is C19H28N2O. The van der Waals surface area contributed by atoms with Crippen LogP contribution in [-0.2, 0) is 11.3 Å². The Morgan fingerprint density at radius 2 is 1.77 bits per heavy atom. The first-order chi connectivity index (χ1) is 10.6. The van der Waals surface area contributed by atoms with Gasteiger partial charge in [0, 0.05) is 31.1 Å². The lowest BCUT2D eigenvalue weighted by atomic mass is 9.84. The van der Waals surface area contributed by atoms with E-state index in [0.717, 1.165) is 32.5 Å². The first kappa shape index (κ1) is 15.5. The van der Waals surface area contributed by atoms with Crippen molar-refractivity contribution in [2.45, 2.75) is 51.6 Å². The molecule has 22 heavy (non-hydrogen) atoms. The molecule has 0 N–H and O–H groups in total. The minimum atomic E-state index is 0.123. The van der Waals surface area contributed by atoms with Gasteiger partial charge in [-0.25, -0.2) is 0 Å². The Labute approximate surface area is 134 Å². The Morgan fingerprint density at radius 3 is 2.41 bits per heavy atom. The van der Waals surface area contributed by atoms with Crippen LogP contribution in [0.5, 0.6) is 0 Å². The maximum Gasteiger partial charge on any atom is 0.225 e. The monoisotopic (exact) mass is 300 g/mol. The van der Waals surface area contributed by atoms with Crippen molar-refractivity contribution in [1.82, 2.24) is 9.80 Å². The van der Waals surface area contributed by atoms with E-state index in [1.54, 1.807) is 0 Å². The van der Waals surface area contributed by atoms with Crippen molar-refractivity contribution in [3.8, 4) is 0 Å². The summed E-state index contributed by atoms with van der Waals surface area (Å²) in [4.78, 5) is 16.9. The Balaban J connectivity index is 1.65. The molecule has 1 aromatic rings. The summed E-state index contributed by atoms with van der Waals surface area (Å²) in [6, 6.07) is 10.8. The maximum absolute atomic E-state index is 12.2. The van der Waals surface area contributed by atoms with Gasteiger partial charge >= 0.3 is 0 Å². The summed E-state index contributed by atoms with van der Waals surface area (Å²) in [5.41, 5.74) is 1.74. The van der Waals surface area contributed by atoms with Gasteiger partial charge in [-0.1, -0.05) is 44.2 Å². The van der Waals surface area contributed by atoms with Crippen LogP contribution in [0.25, 0.3) is 0 Å². The van der Waals surface area contributed by atoms with Gasteiger partial charge in [0.15, 0.2) is 0 Å². The zero-order valence-corrected chi connectivity index (χ0v) is 13.9. The molecule has 3 nitrogen and oxygen atoms in total. The van der Waals surface area contributed by atoms with Crippen LogP contribution in [0, 0.1) is 5.92 Å². The van der Waals surface area contributed by atoms with Crippen LogP contribution < -0.4 is 0 Å². The number of likely N-dealkylation sites (tertiary alicyclic amines) is 2. The Morgan fingerprint density at radius 1 is 1.09 bits per heavy atom. The van der Waals surface area contributed by atoms with Gasteiger partial charge < -0.3 is 4.90 Å². The van der Waals surface area contributed by atoms with Gasteiger partial charge in [-0.15, -0.1) is 0 Å². The Hall–Kier alpha value is -1.35. The summed E-state index contributed by atoms with van der Waals surface area (Å²) in [6.07, 6.45) is 4.87. The Bertz CT molecular complexity index is 503. The van der Waals surface area contributed by atoms with Crippen LogP contribution in [0.3, 0.4) is 0 Å². The number of rotatable bonds is 3. The third-order valence-corrected chi connectivity index (χ3v) is 5.46. The number of hydrogen-bond donors (Lipinski definition) is 0. The van der Waals surface area contributed by atoms with E-state index < -0.39 is 0 Å². The SMILES string of the molecule is CC(C)C(=O)N1CCC2(CCCN2Cc2ccccc2)CC1. The van der Waals surface area contributed by atoms with Gasteiger partial charge in [0.05, 0.1) is 0 Å². The highest BCUT2D eigenvalue weighted by Gasteiger charge is 2.43. The van der Waals surface area contributed by atoms with E-state index >= 15 is 0 Å². The zero-order chi connectivity index (χ0) is 15.6. The molecule has 0 bridgehead atoms. The van der Waals surface area contributed by atoms with Crippen molar-refractivity contribution >= 4 is 5.91 Å². The van der Waals surface area contributed by atoms with Crippen molar-refractivity contribution < 1.29 is 4.79 Å². The summed E-state index contributed by atoms with van der Waals surface area (Å²) < 4.78 is 0. The molecule has 0 unspecified atom stereocenters. The molecule has 0 radical (unpaired) electrons. The number of hydrogen-bond acceptors (Lipinski definition) is 2. The normalized spacial score (nSPS) is 21.7. The molecule has 120 valence electrons. The molecule has 3 heteroatoms. The molecule has 1 aromatic carbocycles. The molecule has 1 amide bonds. The summed E-state index contributed by atoms with van der Waals surface area (Å²) in [5.74, 6) is 0.445. The van der Waals surface area contributed by atoms with E-state index in [1.165, 1.54) is 24.9 Å². The van der Waals surface area contributed by atoms with Gasteiger partial charge in [-0.2, -0.15) is 0 Å². The molecule has 0 aliphatic carbocycles. The smallest absolute Gasteiger partial charge is 0.225 e. The third kappa shape index (κ3) is 3.05. The molecule has 0 atom stereocenters. The fourth-order valence-corrected chi connectivity index (χ4v) is 4.12. The Kier molecular flexibility index (Phi) is 4.53. The predicted octanol–water partition coefficient (Wildman–Crippen LogP) is 3.30. The minimum Gasteiger partial charge on any atom is -0.342 e. The van der Waals surface area contributed by atoms with E-state index in [-0.39, 0.29) is 5.92 Å². The number of nitrogens with zero attached hydrogens (tertiary/aromatic N) is 2. The molecule has 2 saturated heterocycles. The lowest BCUT2D eigenvalue weighted by molar-refractivity contribution is -0.137. The average molecular weight is 300 g/mol. The van der Waals surface area contributed by atoms with Crippen molar-refractivity contribution in [3.63, 3.8) is 0 Å². The summed E-state index contributed by atoms with van der Waals surface area (Å²) >= 11 is 0. The second-order valence-electron chi connectivity index (χ2n) is 7.22. The second kappa shape index (κ2) is 6.41. The molecule has 0 aromatic heterocycles. The number of amides is 1. The highest BCUT2D eigenvalue weighted by Crippen LogP contribution is 2.39. The lowest BCUT2D eigenvalue weighted by Gasteiger charge is -2.45. The lowest BCUT2D eigenvalue weighted by Crippen LogP contribution is -2.53.